The van der Waals surface area contributed by atoms with Crippen LogP contribution in [0.4, 0.5) is 5.69 Å². The van der Waals surface area contributed by atoms with Gasteiger partial charge in [0.25, 0.3) is 5.91 Å². The standard InChI is InChI=1S/C16H21N3O5/c1-22-13-3-4-15(23-2)14(9-13)19-16(21)12(10-17)11-18-5-7-24-8-6-20/h3-4,9,11,18,20H,5-8H2,1-2H3,(H,19,21)/b12-11-. The number of hydrogen-bond donors (Lipinski definition) is 3. The second kappa shape index (κ2) is 10.9. The molecule has 0 spiro atoms. The van der Waals surface area contributed by atoms with E-state index < -0.39 is 5.91 Å². The summed E-state index contributed by atoms with van der Waals surface area (Å²) in [6, 6.07) is 6.77. The van der Waals surface area contributed by atoms with Gasteiger partial charge in [0, 0.05) is 18.8 Å². The van der Waals surface area contributed by atoms with E-state index in [0.717, 1.165) is 0 Å². The predicted molar refractivity (Wildman–Crippen MR) is 87.8 cm³/mol. The first-order valence-corrected chi connectivity index (χ1v) is 7.21. The quantitative estimate of drug-likeness (QED) is 0.327. The van der Waals surface area contributed by atoms with Crippen molar-refractivity contribution in [2.75, 3.05) is 45.9 Å². The van der Waals surface area contributed by atoms with Crippen LogP contribution in [-0.2, 0) is 9.53 Å². The second-order valence-corrected chi connectivity index (χ2v) is 4.48. The Kier molecular flexibility index (Phi) is 8.74. The summed E-state index contributed by atoms with van der Waals surface area (Å²) in [6.07, 6.45) is 1.31. The molecule has 130 valence electrons. The smallest absolute Gasteiger partial charge is 0.267 e. The molecule has 0 aliphatic carbocycles. The summed E-state index contributed by atoms with van der Waals surface area (Å²) in [7, 11) is 2.99. The zero-order valence-electron chi connectivity index (χ0n) is 13.7. The maximum Gasteiger partial charge on any atom is 0.267 e. The van der Waals surface area contributed by atoms with Crippen molar-refractivity contribution in [2.24, 2.45) is 0 Å². The molecule has 0 aromatic heterocycles. The summed E-state index contributed by atoms with van der Waals surface area (Å²) in [5.41, 5.74) is 0.302. The van der Waals surface area contributed by atoms with E-state index in [0.29, 0.717) is 30.3 Å². The molecule has 8 heteroatoms. The average Bonchev–Trinajstić information content (AvgIpc) is 2.60. The Hall–Kier alpha value is -2.76. The Labute approximate surface area is 140 Å². The normalized spacial score (nSPS) is 10.7. The van der Waals surface area contributed by atoms with E-state index >= 15 is 0 Å². The van der Waals surface area contributed by atoms with Crippen molar-refractivity contribution in [1.82, 2.24) is 5.32 Å². The molecule has 0 fully saturated rings. The highest BCUT2D eigenvalue weighted by Gasteiger charge is 2.13. The molecule has 0 bridgehead atoms. The minimum atomic E-state index is -0.576. The first kappa shape index (κ1) is 19.3. The van der Waals surface area contributed by atoms with Crippen LogP contribution in [0.1, 0.15) is 0 Å². The molecule has 0 aliphatic heterocycles. The lowest BCUT2D eigenvalue weighted by molar-refractivity contribution is -0.112. The van der Waals surface area contributed by atoms with Gasteiger partial charge >= 0.3 is 0 Å². The number of ether oxygens (including phenoxy) is 3. The second-order valence-electron chi connectivity index (χ2n) is 4.48. The fourth-order valence-corrected chi connectivity index (χ4v) is 1.72. The van der Waals surface area contributed by atoms with Gasteiger partial charge < -0.3 is 30.0 Å². The van der Waals surface area contributed by atoms with E-state index in [1.807, 2.05) is 6.07 Å². The van der Waals surface area contributed by atoms with Crippen molar-refractivity contribution >= 4 is 11.6 Å². The minimum Gasteiger partial charge on any atom is -0.497 e. The summed E-state index contributed by atoms with van der Waals surface area (Å²) < 4.78 is 15.3. The molecular weight excluding hydrogens is 314 g/mol. The molecule has 1 aromatic carbocycles. The zero-order valence-corrected chi connectivity index (χ0v) is 13.7. The largest absolute Gasteiger partial charge is 0.497 e. The number of carbonyl (C=O) groups is 1. The SMILES string of the molecule is COc1ccc(OC)c(NC(=O)/C(C#N)=C\NCCOCCO)c1. The van der Waals surface area contributed by atoms with Gasteiger partial charge in [0.2, 0.25) is 0 Å². The van der Waals surface area contributed by atoms with Gasteiger partial charge in [0.05, 0.1) is 39.7 Å². The molecule has 1 rings (SSSR count). The lowest BCUT2D eigenvalue weighted by Gasteiger charge is -2.11. The van der Waals surface area contributed by atoms with Gasteiger partial charge in [-0.3, -0.25) is 4.79 Å². The number of rotatable bonds is 10. The van der Waals surface area contributed by atoms with Crippen LogP contribution in [0, 0.1) is 11.3 Å². The Morgan fingerprint density at radius 1 is 1.33 bits per heavy atom. The summed E-state index contributed by atoms with van der Waals surface area (Å²) in [6.45, 7) is 0.943. The number of nitriles is 1. The predicted octanol–water partition coefficient (Wildman–Crippen LogP) is 0.648. The molecule has 0 saturated carbocycles. The number of aliphatic hydroxyl groups is 1. The van der Waals surface area contributed by atoms with E-state index in [9.17, 15) is 4.79 Å². The number of carbonyl (C=O) groups excluding carboxylic acids is 1. The molecule has 0 aliphatic rings. The Balaban J connectivity index is 2.69. The number of nitrogens with one attached hydrogen (secondary N) is 2. The van der Waals surface area contributed by atoms with Crippen molar-refractivity contribution in [1.29, 1.82) is 5.26 Å². The highest BCUT2D eigenvalue weighted by molar-refractivity contribution is 6.07. The van der Waals surface area contributed by atoms with Crippen LogP contribution in [0.5, 0.6) is 11.5 Å². The van der Waals surface area contributed by atoms with E-state index in [-0.39, 0.29) is 18.8 Å². The topological polar surface area (TPSA) is 113 Å². The Bertz CT molecular complexity index is 610. The summed E-state index contributed by atoms with van der Waals surface area (Å²) in [5.74, 6) is 0.423. The molecular formula is C16H21N3O5. The van der Waals surface area contributed by atoms with Crippen molar-refractivity contribution in [3.8, 4) is 17.6 Å². The monoisotopic (exact) mass is 335 g/mol. The van der Waals surface area contributed by atoms with Crippen LogP contribution >= 0.6 is 0 Å². The van der Waals surface area contributed by atoms with E-state index in [1.165, 1.54) is 20.4 Å². The van der Waals surface area contributed by atoms with Crippen LogP contribution in [-0.4, -0.2) is 51.6 Å². The third-order valence-electron chi connectivity index (χ3n) is 2.89. The highest BCUT2D eigenvalue weighted by atomic mass is 16.5. The number of benzene rings is 1. The first-order valence-electron chi connectivity index (χ1n) is 7.21. The van der Waals surface area contributed by atoms with Crippen molar-refractivity contribution in [2.45, 2.75) is 0 Å². The molecule has 8 nitrogen and oxygen atoms in total. The number of nitrogens with zero attached hydrogens (tertiary/aromatic N) is 1. The Morgan fingerprint density at radius 3 is 2.75 bits per heavy atom. The fourth-order valence-electron chi connectivity index (χ4n) is 1.72. The molecule has 24 heavy (non-hydrogen) atoms. The van der Waals surface area contributed by atoms with Crippen LogP contribution < -0.4 is 20.1 Å². The average molecular weight is 335 g/mol. The van der Waals surface area contributed by atoms with Gasteiger partial charge in [0.15, 0.2) is 0 Å². The molecule has 1 aromatic rings. The maximum atomic E-state index is 12.2. The molecule has 0 radical (unpaired) electrons. The van der Waals surface area contributed by atoms with Crippen molar-refractivity contribution in [3.63, 3.8) is 0 Å². The molecule has 0 saturated heterocycles. The van der Waals surface area contributed by atoms with Crippen molar-refractivity contribution in [3.05, 3.63) is 30.0 Å². The summed E-state index contributed by atoms with van der Waals surface area (Å²) >= 11 is 0. The van der Waals surface area contributed by atoms with Gasteiger partial charge in [-0.15, -0.1) is 0 Å². The lowest BCUT2D eigenvalue weighted by Crippen LogP contribution is -2.19. The van der Waals surface area contributed by atoms with Gasteiger partial charge in [-0.1, -0.05) is 0 Å². The third-order valence-corrected chi connectivity index (χ3v) is 2.89. The van der Waals surface area contributed by atoms with E-state index in [4.69, 9.17) is 24.6 Å². The van der Waals surface area contributed by atoms with E-state index in [1.54, 1.807) is 18.2 Å². The highest BCUT2D eigenvalue weighted by Crippen LogP contribution is 2.29. The number of aliphatic hydroxyl groups excluding tert-OH is 1. The lowest BCUT2D eigenvalue weighted by atomic mass is 10.2. The van der Waals surface area contributed by atoms with Gasteiger partial charge in [-0.2, -0.15) is 5.26 Å². The van der Waals surface area contributed by atoms with E-state index in [2.05, 4.69) is 10.6 Å². The fraction of sp³-hybridized carbons (Fsp3) is 0.375. The van der Waals surface area contributed by atoms with Crippen LogP contribution in [0.15, 0.2) is 30.0 Å². The van der Waals surface area contributed by atoms with Gasteiger partial charge in [-0.05, 0) is 12.1 Å². The molecule has 0 heterocycles. The van der Waals surface area contributed by atoms with Gasteiger partial charge in [0.1, 0.15) is 23.1 Å². The van der Waals surface area contributed by atoms with Gasteiger partial charge in [-0.25, -0.2) is 0 Å². The zero-order chi connectivity index (χ0) is 17.8. The minimum absolute atomic E-state index is 0.0515. The van der Waals surface area contributed by atoms with Crippen LogP contribution in [0.25, 0.3) is 0 Å². The first-order chi connectivity index (χ1) is 11.7. The summed E-state index contributed by atoms with van der Waals surface area (Å²) in [4.78, 5) is 12.2. The number of amides is 1. The van der Waals surface area contributed by atoms with Crippen LogP contribution in [0.3, 0.4) is 0 Å². The third kappa shape index (κ3) is 6.16. The van der Waals surface area contributed by atoms with Crippen LogP contribution in [0.2, 0.25) is 0 Å². The Morgan fingerprint density at radius 2 is 2.12 bits per heavy atom. The summed E-state index contributed by atoms with van der Waals surface area (Å²) in [5, 5.41) is 23.1. The molecule has 3 N–H and O–H groups in total. The molecule has 0 unspecified atom stereocenters. The number of hydrogen-bond acceptors (Lipinski definition) is 7. The number of methoxy groups -OCH3 is 2. The maximum absolute atomic E-state index is 12.2. The molecule has 1 amide bonds. The van der Waals surface area contributed by atoms with Crippen molar-refractivity contribution < 1.29 is 24.1 Å². The molecule has 0 atom stereocenters. The number of anilines is 1.